The summed E-state index contributed by atoms with van der Waals surface area (Å²) < 4.78 is 45.7. The van der Waals surface area contributed by atoms with Crippen LogP contribution < -0.4 is 10.1 Å². The van der Waals surface area contributed by atoms with Gasteiger partial charge in [-0.2, -0.15) is 10.2 Å². The lowest BCUT2D eigenvalue weighted by Crippen LogP contribution is -2.10. The van der Waals surface area contributed by atoms with Crippen LogP contribution in [-0.4, -0.2) is 26.8 Å². The molecule has 3 rings (SSSR count). The lowest BCUT2D eigenvalue weighted by molar-refractivity contribution is 0.0138. The molecule has 0 saturated carbocycles. The molecule has 0 saturated heterocycles. The molecule has 0 aliphatic heterocycles. The van der Waals surface area contributed by atoms with E-state index in [2.05, 4.69) is 30.6 Å². The molecule has 1 aromatic carbocycles. The van der Waals surface area contributed by atoms with Gasteiger partial charge in [-0.1, -0.05) is 0 Å². The molecule has 2 aromatic heterocycles. The minimum atomic E-state index is -3.32. The van der Waals surface area contributed by atoms with Crippen LogP contribution in [0.2, 0.25) is 0 Å². The van der Waals surface area contributed by atoms with Crippen molar-refractivity contribution in [2.24, 2.45) is 5.11 Å². The number of hydrogen-bond acceptors (Lipinski definition) is 7. The van der Waals surface area contributed by atoms with E-state index in [9.17, 15) is 13.2 Å². The molecule has 8 nitrogen and oxygen atoms in total. The molecule has 0 spiro atoms. The van der Waals surface area contributed by atoms with Gasteiger partial charge in [0.25, 0.3) is 5.92 Å². The van der Waals surface area contributed by atoms with Crippen molar-refractivity contribution in [1.29, 1.82) is 5.53 Å². The zero-order valence-corrected chi connectivity index (χ0v) is 15.2. The fraction of sp³-hybridized carbons (Fsp3) is 0.167. The van der Waals surface area contributed by atoms with E-state index in [1.54, 1.807) is 24.8 Å². The van der Waals surface area contributed by atoms with E-state index in [0.29, 0.717) is 6.92 Å². The number of anilines is 1. The van der Waals surface area contributed by atoms with Gasteiger partial charge in [-0.15, -0.1) is 0 Å². The summed E-state index contributed by atoms with van der Waals surface area (Å²) in [5, 5.41) is 12.5. The molecule has 0 amide bonds. The highest BCUT2D eigenvalue weighted by atomic mass is 19.3. The minimum absolute atomic E-state index is 0.0708. The molecule has 150 valence electrons. The molecular formula is C18H16F3N7O. The van der Waals surface area contributed by atoms with Gasteiger partial charge in [0, 0.05) is 48.5 Å². The molecule has 0 atom stereocenters. The summed E-state index contributed by atoms with van der Waals surface area (Å²) >= 11 is 0. The highest BCUT2D eigenvalue weighted by Gasteiger charge is 2.28. The van der Waals surface area contributed by atoms with Crippen molar-refractivity contribution in [2.75, 3.05) is 11.9 Å². The van der Waals surface area contributed by atoms with E-state index in [4.69, 9.17) is 10.3 Å². The Labute approximate surface area is 163 Å². The summed E-state index contributed by atoms with van der Waals surface area (Å²) in [5.41, 5.74) is 8.38. The van der Waals surface area contributed by atoms with Crippen LogP contribution in [0.4, 0.5) is 18.9 Å². The van der Waals surface area contributed by atoms with Crippen molar-refractivity contribution in [3.63, 3.8) is 0 Å². The first-order chi connectivity index (χ1) is 13.9. The number of aromatic nitrogens is 4. The van der Waals surface area contributed by atoms with Crippen LogP contribution in [0.25, 0.3) is 11.1 Å². The number of rotatable bonds is 8. The smallest absolute Gasteiger partial charge is 0.316 e. The average Bonchev–Trinajstić information content (AvgIpc) is 3.23. The molecule has 29 heavy (non-hydrogen) atoms. The second kappa shape index (κ2) is 8.50. The van der Waals surface area contributed by atoms with Crippen LogP contribution in [0.15, 0.2) is 60.0 Å². The van der Waals surface area contributed by atoms with Gasteiger partial charge in [0.1, 0.15) is 18.1 Å². The van der Waals surface area contributed by atoms with Gasteiger partial charge in [0.2, 0.25) is 0 Å². The summed E-state index contributed by atoms with van der Waals surface area (Å²) in [6.45, 7) is 0.473. The highest BCUT2D eigenvalue weighted by Crippen LogP contribution is 2.31. The van der Waals surface area contributed by atoms with Crippen molar-refractivity contribution >= 4 is 5.69 Å². The molecule has 0 fully saturated rings. The standard InChI is InChI=1S/C18H16F3N7O/c1-18(20,21)15-4-13(2-3-16(15)19)23-9-14(28-22)10-29-17-24-5-11(6-25-17)12-7-26-27-8-12/h2-9,22-23H,10H2,1H3,(H,26,27)/b14-9-,28-22?. The Morgan fingerprint density at radius 3 is 2.66 bits per heavy atom. The van der Waals surface area contributed by atoms with Gasteiger partial charge < -0.3 is 10.1 Å². The minimum Gasteiger partial charge on any atom is -0.457 e. The molecule has 11 heteroatoms. The Bertz CT molecular complexity index is 999. The van der Waals surface area contributed by atoms with E-state index in [1.165, 1.54) is 12.3 Å². The van der Waals surface area contributed by atoms with Crippen LogP contribution in [0.1, 0.15) is 12.5 Å². The predicted molar refractivity (Wildman–Crippen MR) is 97.9 cm³/mol. The topological polar surface area (TPSA) is 112 Å². The zero-order chi connectivity index (χ0) is 20.9. The van der Waals surface area contributed by atoms with Gasteiger partial charge in [-0.05, 0) is 18.2 Å². The fourth-order valence-corrected chi connectivity index (χ4v) is 2.31. The lowest BCUT2D eigenvalue weighted by Gasteiger charge is -2.13. The average molecular weight is 403 g/mol. The maximum Gasteiger partial charge on any atom is 0.316 e. The largest absolute Gasteiger partial charge is 0.457 e. The molecule has 0 bridgehead atoms. The highest BCUT2D eigenvalue weighted by molar-refractivity contribution is 5.59. The Kier molecular flexibility index (Phi) is 5.86. The number of nitrogens with zero attached hydrogens (tertiary/aromatic N) is 4. The summed E-state index contributed by atoms with van der Waals surface area (Å²) in [4.78, 5) is 8.11. The Morgan fingerprint density at radius 2 is 2.03 bits per heavy atom. The third-order valence-electron chi connectivity index (χ3n) is 3.80. The molecule has 0 aliphatic rings. The number of nitrogens with one attached hydrogen (secondary N) is 3. The van der Waals surface area contributed by atoms with E-state index in [1.807, 2.05) is 0 Å². The summed E-state index contributed by atoms with van der Waals surface area (Å²) in [7, 11) is 0. The van der Waals surface area contributed by atoms with E-state index in [-0.39, 0.29) is 24.0 Å². The fourth-order valence-electron chi connectivity index (χ4n) is 2.31. The van der Waals surface area contributed by atoms with Crippen LogP contribution in [-0.2, 0) is 5.92 Å². The molecule has 2 heterocycles. The van der Waals surface area contributed by atoms with Crippen LogP contribution in [0.3, 0.4) is 0 Å². The Morgan fingerprint density at radius 1 is 1.28 bits per heavy atom. The normalized spacial score (nSPS) is 11.9. The SMILES string of the molecule is CC(F)(F)c1cc(N/C=C(/COc2ncc(-c3cn[nH]c3)cn2)N=N)ccc1F. The Hall–Kier alpha value is -3.76. The maximum atomic E-state index is 13.5. The first-order valence-corrected chi connectivity index (χ1v) is 8.31. The third-order valence-corrected chi connectivity index (χ3v) is 3.80. The van der Waals surface area contributed by atoms with Crippen molar-refractivity contribution in [3.05, 3.63) is 66.3 Å². The number of benzene rings is 1. The number of alkyl halides is 2. The van der Waals surface area contributed by atoms with Crippen LogP contribution >= 0.6 is 0 Å². The van der Waals surface area contributed by atoms with Gasteiger partial charge in [0.05, 0.1) is 11.8 Å². The Balaban J connectivity index is 1.63. The van der Waals surface area contributed by atoms with Crippen molar-refractivity contribution in [3.8, 4) is 17.1 Å². The number of halogens is 3. The second-order valence-corrected chi connectivity index (χ2v) is 6.00. The number of aromatic amines is 1. The molecule has 3 N–H and O–H groups in total. The monoisotopic (exact) mass is 403 g/mol. The second-order valence-electron chi connectivity index (χ2n) is 6.00. The van der Waals surface area contributed by atoms with Crippen molar-refractivity contribution in [1.82, 2.24) is 20.2 Å². The number of H-pyrrole nitrogens is 1. The van der Waals surface area contributed by atoms with Gasteiger partial charge in [0.15, 0.2) is 0 Å². The van der Waals surface area contributed by atoms with E-state index >= 15 is 0 Å². The van der Waals surface area contributed by atoms with E-state index in [0.717, 1.165) is 23.3 Å². The first-order valence-electron chi connectivity index (χ1n) is 8.31. The summed E-state index contributed by atoms with van der Waals surface area (Å²) in [6, 6.07) is 3.29. The molecule has 0 aliphatic carbocycles. The van der Waals surface area contributed by atoms with Gasteiger partial charge >= 0.3 is 6.01 Å². The number of hydrogen-bond donors (Lipinski definition) is 3. The van der Waals surface area contributed by atoms with Crippen molar-refractivity contribution in [2.45, 2.75) is 12.8 Å². The summed E-state index contributed by atoms with van der Waals surface area (Å²) in [5.74, 6) is -4.33. The predicted octanol–water partition coefficient (Wildman–Crippen LogP) is 4.48. The third kappa shape index (κ3) is 5.15. The van der Waals surface area contributed by atoms with Gasteiger partial charge in [-0.3, -0.25) is 5.10 Å². The van der Waals surface area contributed by atoms with Gasteiger partial charge in [-0.25, -0.2) is 28.7 Å². The zero-order valence-electron chi connectivity index (χ0n) is 15.2. The molecule has 0 unspecified atom stereocenters. The maximum absolute atomic E-state index is 13.5. The molecular weight excluding hydrogens is 387 g/mol. The number of ether oxygens (including phenoxy) is 1. The van der Waals surface area contributed by atoms with E-state index < -0.39 is 17.3 Å². The van der Waals surface area contributed by atoms with Crippen LogP contribution in [0.5, 0.6) is 6.01 Å². The lowest BCUT2D eigenvalue weighted by atomic mass is 10.1. The quantitative estimate of drug-likeness (QED) is 0.480. The van der Waals surface area contributed by atoms with Crippen molar-refractivity contribution < 1.29 is 17.9 Å². The molecule has 0 radical (unpaired) electrons. The molecule has 3 aromatic rings. The van der Waals surface area contributed by atoms with Crippen LogP contribution in [0, 0.1) is 11.3 Å². The first kappa shape index (κ1) is 20.0. The summed E-state index contributed by atoms with van der Waals surface area (Å²) in [6.07, 6.45) is 7.72.